The Labute approximate surface area is 211 Å². The van der Waals surface area contributed by atoms with Crippen molar-refractivity contribution < 1.29 is 33.4 Å². The van der Waals surface area contributed by atoms with Gasteiger partial charge in [-0.1, -0.05) is 19.8 Å². The molecule has 0 aromatic rings. The van der Waals surface area contributed by atoms with Crippen molar-refractivity contribution in [1.29, 1.82) is 0 Å². The lowest BCUT2D eigenvalue weighted by atomic mass is 9.80. The number of carbonyl (C=O) groups is 4. The van der Waals surface area contributed by atoms with Crippen molar-refractivity contribution in [3.05, 3.63) is 0 Å². The van der Waals surface area contributed by atoms with Crippen molar-refractivity contribution >= 4 is 23.3 Å². The van der Waals surface area contributed by atoms with Crippen LogP contribution in [0.15, 0.2) is 0 Å². The molecular weight excluding hydrogens is 450 g/mol. The summed E-state index contributed by atoms with van der Waals surface area (Å²) in [6.45, 7) is 7.09. The SMILES string of the molecule is CCC(=O)CC1CCCCN(C(=O)CCOCCOCCOC)CCCCC(CCC(C)=O)C1=O. The summed E-state index contributed by atoms with van der Waals surface area (Å²) in [7, 11) is 1.63. The maximum Gasteiger partial charge on any atom is 0.224 e. The third-order valence-electron chi connectivity index (χ3n) is 6.60. The average molecular weight is 498 g/mol. The topological polar surface area (TPSA) is 99.2 Å². The van der Waals surface area contributed by atoms with Crippen molar-refractivity contribution in [3.8, 4) is 0 Å². The molecule has 2 atom stereocenters. The average Bonchev–Trinajstić information content (AvgIpc) is 2.83. The van der Waals surface area contributed by atoms with Gasteiger partial charge in [-0.3, -0.25) is 14.4 Å². The van der Waals surface area contributed by atoms with E-state index < -0.39 is 0 Å². The van der Waals surface area contributed by atoms with Crippen LogP contribution in [0.3, 0.4) is 0 Å². The molecule has 1 rings (SSSR count). The molecule has 0 saturated carbocycles. The van der Waals surface area contributed by atoms with Gasteiger partial charge in [0.15, 0.2) is 0 Å². The summed E-state index contributed by atoms with van der Waals surface area (Å²) < 4.78 is 15.8. The van der Waals surface area contributed by atoms with Gasteiger partial charge in [0.1, 0.15) is 17.3 Å². The highest BCUT2D eigenvalue weighted by molar-refractivity contribution is 5.89. The van der Waals surface area contributed by atoms with Gasteiger partial charge < -0.3 is 23.9 Å². The van der Waals surface area contributed by atoms with Crippen LogP contribution in [0.4, 0.5) is 0 Å². The second-order valence-corrected chi connectivity index (χ2v) is 9.47. The lowest BCUT2D eigenvalue weighted by Gasteiger charge is -2.26. The van der Waals surface area contributed by atoms with Gasteiger partial charge in [-0.25, -0.2) is 0 Å². The smallest absolute Gasteiger partial charge is 0.224 e. The number of methoxy groups -OCH3 is 1. The van der Waals surface area contributed by atoms with Crippen LogP contribution in [0.5, 0.6) is 0 Å². The standard InChI is InChI=1S/C27H47NO7/c1-4-25(30)21-24-10-6-8-15-28(26(31)13-16-34-19-20-35-18-17-33-3)14-7-5-9-23(27(24)32)12-11-22(2)29/h23-24H,4-21H2,1-3H3. The van der Waals surface area contributed by atoms with Crippen LogP contribution in [0, 0.1) is 11.8 Å². The molecule has 2 unspecified atom stereocenters. The van der Waals surface area contributed by atoms with E-state index in [1.807, 2.05) is 11.8 Å². The van der Waals surface area contributed by atoms with E-state index in [1.165, 1.54) is 0 Å². The first kappa shape index (κ1) is 31.4. The number of amides is 1. The summed E-state index contributed by atoms with van der Waals surface area (Å²) in [5.74, 6) is -0.0133. The second kappa shape index (κ2) is 19.5. The van der Waals surface area contributed by atoms with Gasteiger partial charge >= 0.3 is 0 Å². The molecule has 0 N–H and O–H groups in total. The number of ketones is 3. The molecular formula is C27H47NO7. The molecule has 0 radical (unpaired) electrons. The molecule has 1 aliphatic rings. The first-order chi connectivity index (χ1) is 16.9. The highest BCUT2D eigenvalue weighted by Crippen LogP contribution is 2.27. The maximum atomic E-state index is 13.3. The molecule has 0 spiro atoms. The molecule has 1 fully saturated rings. The van der Waals surface area contributed by atoms with E-state index in [2.05, 4.69) is 0 Å². The Morgan fingerprint density at radius 3 is 2.06 bits per heavy atom. The quantitative estimate of drug-likeness (QED) is 0.318. The molecule has 0 aromatic carbocycles. The van der Waals surface area contributed by atoms with Crippen molar-refractivity contribution in [1.82, 2.24) is 4.90 Å². The van der Waals surface area contributed by atoms with Crippen LogP contribution < -0.4 is 0 Å². The Balaban J connectivity index is 2.61. The largest absolute Gasteiger partial charge is 0.382 e. The zero-order valence-electron chi connectivity index (χ0n) is 22.2. The van der Waals surface area contributed by atoms with Crippen LogP contribution in [-0.2, 0) is 33.4 Å². The van der Waals surface area contributed by atoms with Crippen molar-refractivity contribution in [3.63, 3.8) is 0 Å². The molecule has 1 saturated heterocycles. The fourth-order valence-electron chi connectivity index (χ4n) is 4.43. The number of Topliss-reactive ketones (excluding diaryl/α,β-unsaturated/α-hetero) is 3. The normalized spacial score (nSPS) is 20.2. The Bertz CT molecular complexity index is 637. The summed E-state index contributed by atoms with van der Waals surface area (Å²) >= 11 is 0. The van der Waals surface area contributed by atoms with Gasteiger partial charge in [-0.05, 0) is 39.0 Å². The Morgan fingerprint density at radius 2 is 1.46 bits per heavy atom. The predicted octanol–water partition coefficient (Wildman–Crippen LogP) is 3.78. The molecule has 35 heavy (non-hydrogen) atoms. The number of ether oxygens (including phenoxy) is 3. The van der Waals surface area contributed by atoms with Crippen LogP contribution in [0.25, 0.3) is 0 Å². The molecule has 8 nitrogen and oxygen atoms in total. The van der Waals surface area contributed by atoms with E-state index in [4.69, 9.17) is 14.2 Å². The van der Waals surface area contributed by atoms with E-state index in [-0.39, 0.29) is 35.1 Å². The predicted molar refractivity (Wildman–Crippen MR) is 134 cm³/mol. The molecule has 0 aliphatic carbocycles. The third kappa shape index (κ3) is 14.5. The Morgan fingerprint density at radius 1 is 0.857 bits per heavy atom. The third-order valence-corrected chi connectivity index (χ3v) is 6.60. The fraction of sp³-hybridized carbons (Fsp3) is 0.852. The van der Waals surface area contributed by atoms with Crippen LogP contribution in [0.1, 0.15) is 84.5 Å². The Kier molecular flexibility index (Phi) is 17.5. The molecule has 1 heterocycles. The minimum absolute atomic E-state index is 0.0873. The van der Waals surface area contributed by atoms with E-state index in [0.29, 0.717) is 91.1 Å². The van der Waals surface area contributed by atoms with Gasteiger partial charge in [-0.15, -0.1) is 0 Å². The van der Waals surface area contributed by atoms with Gasteiger partial charge in [0.05, 0.1) is 39.5 Å². The van der Waals surface area contributed by atoms with Gasteiger partial charge in [0.2, 0.25) is 5.91 Å². The minimum atomic E-state index is -0.275. The number of hydrogen-bond acceptors (Lipinski definition) is 7. The molecule has 1 amide bonds. The zero-order chi connectivity index (χ0) is 25.9. The van der Waals surface area contributed by atoms with E-state index in [0.717, 1.165) is 25.7 Å². The summed E-state index contributed by atoms with van der Waals surface area (Å²) in [6, 6.07) is 0. The van der Waals surface area contributed by atoms with E-state index in [1.54, 1.807) is 14.0 Å². The monoisotopic (exact) mass is 497 g/mol. The van der Waals surface area contributed by atoms with Crippen molar-refractivity contribution in [2.75, 3.05) is 53.2 Å². The van der Waals surface area contributed by atoms with Crippen molar-refractivity contribution in [2.45, 2.75) is 84.5 Å². The molecule has 0 aromatic heterocycles. The number of rotatable bonds is 15. The summed E-state index contributed by atoms with van der Waals surface area (Å²) in [6.07, 6.45) is 6.63. The van der Waals surface area contributed by atoms with Gasteiger partial charge in [0, 0.05) is 51.3 Å². The lowest BCUT2D eigenvalue weighted by molar-refractivity contribution is -0.133. The fourth-order valence-corrected chi connectivity index (χ4v) is 4.43. The number of hydrogen-bond donors (Lipinski definition) is 0. The van der Waals surface area contributed by atoms with E-state index >= 15 is 0 Å². The molecule has 202 valence electrons. The maximum absolute atomic E-state index is 13.3. The minimum Gasteiger partial charge on any atom is -0.382 e. The lowest BCUT2D eigenvalue weighted by Crippen LogP contribution is -2.34. The molecule has 1 aliphatic heterocycles. The van der Waals surface area contributed by atoms with Gasteiger partial charge in [-0.2, -0.15) is 0 Å². The Hall–Kier alpha value is -1.64. The zero-order valence-corrected chi connectivity index (χ0v) is 22.2. The van der Waals surface area contributed by atoms with Crippen LogP contribution >= 0.6 is 0 Å². The number of nitrogens with zero attached hydrogens (tertiary/aromatic N) is 1. The van der Waals surface area contributed by atoms with Crippen LogP contribution in [-0.4, -0.2) is 81.4 Å². The van der Waals surface area contributed by atoms with Crippen LogP contribution in [0.2, 0.25) is 0 Å². The second-order valence-electron chi connectivity index (χ2n) is 9.47. The summed E-state index contributed by atoms with van der Waals surface area (Å²) in [5, 5.41) is 0. The highest BCUT2D eigenvalue weighted by Gasteiger charge is 2.28. The summed E-state index contributed by atoms with van der Waals surface area (Å²) in [4.78, 5) is 51.7. The van der Waals surface area contributed by atoms with Gasteiger partial charge in [0.25, 0.3) is 0 Å². The molecule has 8 heteroatoms. The van der Waals surface area contributed by atoms with Crippen molar-refractivity contribution in [2.24, 2.45) is 11.8 Å². The number of carbonyl (C=O) groups excluding carboxylic acids is 4. The first-order valence-electron chi connectivity index (χ1n) is 13.4. The first-order valence-corrected chi connectivity index (χ1v) is 13.4. The highest BCUT2D eigenvalue weighted by atomic mass is 16.5. The molecule has 0 bridgehead atoms. The summed E-state index contributed by atoms with van der Waals surface area (Å²) in [5.41, 5.74) is 0. The van der Waals surface area contributed by atoms with E-state index in [9.17, 15) is 19.2 Å².